The summed E-state index contributed by atoms with van der Waals surface area (Å²) < 4.78 is 37.2. The van der Waals surface area contributed by atoms with Crippen LogP contribution in [0.1, 0.15) is 27.0 Å². The molecule has 0 aromatic carbocycles. The number of thiophene rings is 1. The van der Waals surface area contributed by atoms with Crippen LogP contribution in [0.15, 0.2) is 6.07 Å². The largest absolute Gasteiger partial charge is 0.406 e. The fourth-order valence-electron chi connectivity index (χ4n) is 1.72. The van der Waals surface area contributed by atoms with E-state index in [4.69, 9.17) is 5.11 Å². The van der Waals surface area contributed by atoms with E-state index in [2.05, 4.69) is 0 Å². The van der Waals surface area contributed by atoms with Gasteiger partial charge < -0.3 is 10.0 Å². The van der Waals surface area contributed by atoms with E-state index >= 15 is 0 Å². The van der Waals surface area contributed by atoms with E-state index in [0.717, 1.165) is 16.9 Å². The summed E-state index contributed by atoms with van der Waals surface area (Å²) in [6.07, 6.45) is -3.74. The minimum Gasteiger partial charge on any atom is -0.395 e. The molecule has 0 saturated heterocycles. The fraction of sp³-hybridized carbons (Fsp3) is 0.583. The summed E-state index contributed by atoms with van der Waals surface area (Å²) in [5.74, 6) is -0.681. The molecule has 7 heteroatoms. The Bertz CT molecular complexity index is 443. The van der Waals surface area contributed by atoms with Gasteiger partial charge in [0.2, 0.25) is 0 Å². The Morgan fingerprint density at radius 2 is 2.11 bits per heavy atom. The van der Waals surface area contributed by atoms with Crippen LogP contribution in [0.2, 0.25) is 0 Å². The van der Waals surface area contributed by atoms with E-state index < -0.39 is 25.2 Å². The molecule has 1 aromatic rings. The van der Waals surface area contributed by atoms with Crippen LogP contribution in [0.25, 0.3) is 0 Å². The normalized spacial score (nSPS) is 11.7. The maximum atomic E-state index is 12.4. The monoisotopic (exact) mass is 295 g/mol. The first-order chi connectivity index (χ1) is 8.78. The number of amides is 1. The van der Waals surface area contributed by atoms with Crippen LogP contribution >= 0.6 is 11.3 Å². The molecular weight excluding hydrogens is 279 g/mol. The number of alkyl halides is 3. The highest BCUT2D eigenvalue weighted by atomic mass is 32.1. The van der Waals surface area contributed by atoms with Gasteiger partial charge in [0.1, 0.15) is 6.54 Å². The molecule has 108 valence electrons. The first-order valence-electron chi connectivity index (χ1n) is 5.84. The molecule has 3 nitrogen and oxygen atoms in total. The van der Waals surface area contributed by atoms with Crippen LogP contribution in [0.5, 0.6) is 0 Å². The number of carbonyl (C=O) groups excluding carboxylic acids is 1. The number of halogens is 3. The number of hydrogen-bond donors (Lipinski definition) is 1. The Morgan fingerprint density at radius 1 is 1.47 bits per heavy atom. The van der Waals surface area contributed by atoms with Crippen LogP contribution in [0, 0.1) is 6.92 Å². The zero-order valence-electron chi connectivity index (χ0n) is 10.8. The third-order valence-corrected chi connectivity index (χ3v) is 3.72. The number of hydrogen-bond acceptors (Lipinski definition) is 3. The summed E-state index contributed by atoms with van der Waals surface area (Å²) in [5, 5.41) is 8.78. The molecule has 1 heterocycles. The molecule has 1 amide bonds. The highest BCUT2D eigenvalue weighted by Crippen LogP contribution is 2.25. The first-order valence-corrected chi connectivity index (χ1v) is 6.66. The standard InChI is InChI=1S/C12H16F3NO2S/c1-3-9-6-10(19-8(9)2)11(18)16(4-5-17)7-12(13,14)15/h6,17H,3-5,7H2,1-2H3. The number of aliphatic hydroxyl groups is 1. The average molecular weight is 295 g/mol. The van der Waals surface area contributed by atoms with Crippen LogP contribution in [0.3, 0.4) is 0 Å². The van der Waals surface area contributed by atoms with Gasteiger partial charge in [-0.2, -0.15) is 13.2 Å². The summed E-state index contributed by atoms with van der Waals surface area (Å²) in [5.41, 5.74) is 0.962. The molecule has 1 aromatic heterocycles. The molecule has 0 saturated carbocycles. The second kappa shape index (κ2) is 6.38. The minimum atomic E-state index is -4.47. The molecule has 0 atom stereocenters. The molecular formula is C12H16F3NO2S. The molecule has 1 N–H and O–H groups in total. The Hall–Kier alpha value is -1.08. The van der Waals surface area contributed by atoms with Crippen molar-refractivity contribution >= 4 is 17.2 Å². The Balaban J connectivity index is 2.92. The van der Waals surface area contributed by atoms with Gasteiger partial charge in [-0.1, -0.05) is 6.92 Å². The summed E-state index contributed by atoms with van der Waals surface area (Å²) in [7, 11) is 0. The zero-order valence-corrected chi connectivity index (χ0v) is 11.6. The fourth-order valence-corrected chi connectivity index (χ4v) is 2.80. The lowest BCUT2D eigenvalue weighted by molar-refractivity contribution is -0.141. The molecule has 0 aliphatic carbocycles. The van der Waals surface area contributed by atoms with Gasteiger partial charge in [0.05, 0.1) is 11.5 Å². The van der Waals surface area contributed by atoms with Gasteiger partial charge in [-0.25, -0.2) is 0 Å². The smallest absolute Gasteiger partial charge is 0.395 e. The molecule has 0 bridgehead atoms. The van der Waals surface area contributed by atoms with E-state index in [1.54, 1.807) is 6.07 Å². The number of carbonyl (C=O) groups is 1. The van der Waals surface area contributed by atoms with Crippen molar-refractivity contribution in [2.75, 3.05) is 19.7 Å². The average Bonchev–Trinajstić information content (AvgIpc) is 2.67. The molecule has 1 rings (SSSR count). The Morgan fingerprint density at radius 3 is 2.53 bits per heavy atom. The zero-order chi connectivity index (χ0) is 14.6. The van der Waals surface area contributed by atoms with Crippen molar-refractivity contribution in [2.45, 2.75) is 26.4 Å². The van der Waals surface area contributed by atoms with E-state index in [1.165, 1.54) is 11.3 Å². The second-order valence-corrected chi connectivity index (χ2v) is 5.37. The molecule has 19 heavy (non-hydrogen) atoms. The summed E-state index contributed by atoms with van der Waals surface area (Å²) in [6.45, 7) is 1.60. The highest BCUT2D eigenvalue weighted by Gasteiger charge is 2.33. The van der Waals surface area contributed by atoms with Crippen molar-refractivity contribution in [3.63, 3.8) is 0 Å². The van der Waals surface area contributed by atoms with Crippen LogP contribution in [-0.4, -0.2) is 41.8 Å². The predicted molar refractivity (Wildman–Crippen MR) is 67.5 cm³/mol. The molecule has 0 aliphatic heterocycles. The lowest BCUT2D eigenvalue weighted by atomic mass is 10.2. The molecule has 0 unspecified atom stereocenters. The van der Waals surface area contributed by atoms with Crippen LogP contribution in [0.4, 0.5) is 13.2 Å². The Labute approximate surface area is 113 Å². The quantitative estimate of drug-likeness (QED) is 0.907. The lowest BCUT2D eigenvalue weighted by Gasteiger charge is -2.22. The number of aryl methyl sites for hydroxylation is 2. The van der Waals surface area contributed by atoms with Crippen LogP contribution in [-0.2, 0) is 6.42 Å². The van der Waals surface area contributed by atoms with Crippen molar-refractivity contribution in [1.29, 1.82) is 0 Å². The molecule has 0 radical (unpaired) electrons. The van der Waals surface area contributed by atoms with E-state index in [-0.39, 0.29) is 11.4 Å². The van der Waals surface area contributed by atoms with E-state index in [9.17, 15) is 18.0 Å². The van der Waals surface area contributed by atoms with E-state index in [0.29, 0.717) is 4.90 Å². The van der Waals surface area contributed by atoms with E-state index in [1.807, 2.05) is 13.8 Å². The summed E-state index contributed by atoms with van der Waals surface area (Å²) >= 11 is 1.19. The van der Waals surface area contributed by atoms with Gasteiger partial charge in [-0.15, -0.1) is 11.3 Å². The van der Waals surface area contributed by atoms with Crippen molar-refractivity contribution in [3.8, 4) is 0 Å². The topological polar surface area (TPSA) is 40.5 Å². The number of nitrogens with zero attached hydrogens (tertiary/aromatic N) is 1. The third-order valence-electron chi connectivity index (χ3n) is 2.64. The predicted octanol–water partition coefficient (Wildman–Crippen LogP) is 2.62. The van der Waals surface area contributed by atoms with Gasteiger partial charge in [0.25, 0.3) is 5.91 Å². The number of rotatable bonds is 5. The van der Waals surface area contributed by atoms with Gasteiger partial charge >= 0.3 is 6.18 Å². The van der Waals surface area contributed by atoms with Crippen molar-refractivity contribution in [3.05, 3.63) is 21.4 Å². The minimum absolute atomic E-state index is 0.284. The molecule has 0 fully saturated rings. The second-order valence-electron chi connectivity index (χ2n) is 4.11. The maximum absolute atomic E-state index is 12.4. The molecule has 0 spiro atoms. The van der Waals surface area contributed by atoms with Gasteiger partial charge in [-0.3, -0.25) is 4.79 Å². The van der Waals surface area contributed by atoms with Crippen LogP contribution < -0.4 is 0 Å². The lowest BCUT2D eigenvalue weighted by Crippen LogP contribution is -2.40. The third kappa shape index (κ3) is 4.50. The van der Waals surface area contributed by atoms with Crippen molar-refractivity contribution in [2.24, 2.45) is 0 Å². The van der Waals surface area contributed by atoms with Gasteiger partial charge in [0, 0.05) is 11.4 Å². The summed E-state index contributed by atoms with van der Waals surface area (Å²) in [6, 6.07) is 1.63. The Kier molecular flexibility index (Phi) is 5.37. The number of aliphatic hydroxyl groups excluding tert-OH is 1. The maximum Gasteiger partial charge on any atom is 0.406 e. The van der Waals surface area contributed by atoms with Crippen molar-refractivity contribution in [1.82, 2.24) is 4.90 Å². The first kappa shape index (κ1) is 16.0. The van der Waals surface area contributed by atoms with Crippen molar-refractivity contribution < 1.29 is 23.1 Å². The van der Waals surface area contributed by atoms with Gasteiger partial charge in [-0.05, 0) is 25.0 Å². The molecule has 0 aliphatic rings. The highest BCUT2D eigenvalue weighted by molar-refractivity contribution is 7.14. The SMILES string of the molecule is CCc1cc(C(=O)N(CCO)CC(F)(F)F)sc1C. The van der Waals surface area contributed by atoms with Gasteiger partial charge in [0.15, 0.2) is 0 Å². The summed E-state index contributed by atoms with van der Waals surface area (Å²) in [4.78, 5) is 13.9.